The fourth-order valence-corrected chi connectivity index (χ4v) is 3.32. The van der Waals surface area contributed by atoms with Gasteiger partial charge in [-0.3, -0.25) is 25.2 Å². The van der Waals surface area contributed by atoms with Crippen molar-refractivity contribution in [2.75, 3.05) is 11.9 Å². The molecule has 3 aromatic carbocycles. The Balaban J connectivity index is 1.50. The van der Waals surface area contributed by atoms with Crippen LogP contribution in [-0.4, -0.2) is 24.3 Å². The van der Waals surface area contributed by atoms with Crippen LogP contribution in [0.4, 0.5) is 5.69 Å². The van der Waals surface area contributed by atoms with Crippen molar-refractivity contribution >= 4 is 23.4 Å². The maximum atomic E-state index is 12.4. The van der Waals surface area contributed by atoms with Crippen LogP contribution in [-0.2, 0) is 4.79 Å². The monoisotopic (exact) mass is 459 g/mol. The van der Waals surface area contributed by atoms with E-state index in [1.807, 2.05) is 44.2 Å². The van der Waals surface area contributed by atoms with E-state index in [4.69, 9.17) is 4.74 Å². The minimum Gasteiger partial charge on any atom is -0.483 e. The van der Waals surface area contributed by atoms with Crippen LogP contribution in [0.25, 0.3) is 0 Å². The van der Waals surface area contributed by atoms with E-state index in [0.29, 0.717) is 22.6 Å². The maximum absolute atomic E-state index is 12.4. The van der Waals surface area contributed by atoms with E-state index < -0.39 is 11.8 Å². The molecule has 7 nitrogen and oxygen atoms in total. The van der Waals surface area contributed by atoms with Crippen molar-refractivity contribution in [2.24, 2.45) is 0 Å². The minimum absolute atomic E-state index is 0.229. The number of ether oxygens (including phenoxy) is 1. The molecule has 0 spiro atoms. The third-order valence-corrected chi connectivity index (χ3v) is 5.15. The van der Waals surface area contributed by atoms with Crippen molar-refractivity contribution < 1.29 is 19.1 Å². The molecule has 34 heavy (non-hydrogen) atoms. The average molecular weight is 460 g/mol. The predicted octanol–water partition coefficient (Wildman–Crippen LogP) is 4.52. The molecule has 0 atom stereocenters. The standard InChI is InChI=1S/C27H29N3O4/c1-17(2)23-13-8-19(4)15-24(23)34-16-25(31)29-30-27(33)20-9-11-22(12-10-20)28-26(32)21-7-5-6-18(3)14-21/h5-15,17H,16H2,1-4H3,(H,28,32)(H,29,31)(H,30,33). The zero-order chi connectivity index (χ0) is 24.7. The van der Waals surface area contributed by atoms with Gasteiger partial charge < -0.3 is 10.1 Å². The Labute approximate surface area is 199 Å². The second-order valence-corrected chi connectivity index (χ2v) is 8.39. The van der Waals surface area contributed by atoms with Crippen LogP contribution in [0.15, 0.2) is 66.7 Å². The van der Waals surface area contributed by atoms with E-state index in [-0.39, 0.29) is 18.4 Å². The molecule has 0 unspecified atom stereocenters. The molecule has 0 saturated heterocycles. The summed E-state index contributed by atoms with van der Waals surface area (Å²) in [4.78, 5) is 36.9. The fourth-order valence-electron chi connectivity index (χ4n) is 3.32. The number of aryl methyl sites for hydroxylation is 2. The Bertz CT molecular complexity index is 1190. The third-order valence-electron chi connectivity index (χ3n) is 5.15. The van der Waals surface area contributed by atoms with Crippen LogP contribution in [0.5, 0.6) is 5.75 Å². The highest BCUT2D eigenvalue weighted by Crippen LogP contribution is 2.27. The Kier molecular flexibility index (Phi) is 8.03. The quantitative estimate of drug-likeness (QED) is 0.453. The second kappa shape index (κ2) is 11.1. The van der Waals surface area contributed by atoms with Crippen molar-refractivity contribution in [3.8, 4) is 5.75 Å². The maximum Gasteiger partial charge on any atom is 0.276 e. The van der Waals surface area contributed by atoms with Crippen molar-refractivity contribution in [1.82, 2.24) is 10.9 Å². The van der Waals surface area contributed by atoms with E-state index >= 15 is 0 Å². The lowest BCUT2D eigenvalue weighted by atomic mass is 10.0. The highest BCUT2D eigenvalue weighted by molar-refractivity contribution is 6.04. The number of hydrogen-bond acceptors (Lipinski definition) is 4. The van der Waals surface area contributed by atoms with Crippen molar-refractivity contribution in [3.63, 3.8) is 0 Å². The van der Waals surface area contributed by atoms with Crippen molar-refractivity contribution in [1.29, 1.82) is 0 Å². The normalized spacial score (nSPS) is 10.5. The molecule has 176 valence electrons. The van der Waals surface area contributed by atoms with E-state index in [9.17, 15) is 14.4 Å². The van der Waals surface area contributed by atoms with Crippen LogP contribution in [0, 0.1) is 13.8 Å². The van der Waals surface area contributed by atoms with Gasteiger partial charge in [-0.25, -0.2) is 0 Å². The number of nitrogens with one attached hydrogen (secondary N) is 3. The van der Waals surface area contributed by atoms with Crippen LogP contribution in [0.2, 0.25) is 0 Å². The molecule has 0 heterocycles. The Morgan fingerprint density at radius 2 is 1.50 bits per heavy atom. The summed E-state index contributed by atoms with van der Waals surface area (Å²) in [6, 6.07) is 19.5. The molecule has 0 bridgehead atoms. The largest absolute Gasteiger partial charge is 0.483 e. The first kappa shape index (κ1) is 24.5. The van der Waals surface area contributed by atoms with E-state index in [1.165, 1.54) is 0 Å². The second-order valence-electron chi connectivity index (χ2n) is 8.39. The van der Waals surface area contributed by atoms with Crippen molar-refractivity contribution in [2.45, 2.75) is 33.6 Å². The Morgan fingerprint density at radius 3 is 2.18 bits per heavy atom. The van der Waals surface area contributed by atoms with Crippen LogP contribution in [0.3, 0.4) is 0 Å². The third kappa shape index (κ3) is 6.68. The van der Waals surface area contributed by atoms with Gasteiger partial charge in [-0.2, -0.15) is 0 Å². The van der Waals surface area contributed by atoms with Gasteiger partial charge in [0, 0.05) is 16.8 Å². The summed E-state index contributed by atoms with van der Waals surface area (Å²) < 4.78 is 5.67. The number of hydrazine groups is 1. The average Bonchev–Trinajstić information content (AvgIpc) is 2.81. The zero-order valence-electron chi connectivity index (χ0n) is 19.8. The molecule has 0 saturated carbocycles. The number of rotatable bonds is 7. The van der Waals surface area contributed by atoms with Crippen molar-refractivity contribution in [3.05, 3.63) is 94.5 Å². The molecule has 0 aliphatic rings. The van der Waals surface area contributed by atoms with Crippen LogP contribution in [0.1, 0.15) is 57.2 Å². The first-order valence-corrected chi connectivity index (χ1v) is 11.0. The van der Waals surface area contributed by atoms with E-state index in [1.54, 1.807) is 36.4 Å². The molecule has 0 radical (unpaired) electrons. The molecule has 0 aliphatic heterocycles. The first-order valence-electron chi connectivity index (χ1n) is 11.0. The van der Waals surface area contributed by atoms with Gasteiger partial charge in [0.1, 0.15) is 5.75 Å². The lowest BCUT2D eigenvalue weighted by molar-refractivity contribution is -0.123. The summed E-state index contributed by atoms with van der Waals surface area (Å²) in [7, 11) is 0. The van der Waals surface area contributed by atoms with Gasteiger partial charge in [-0.1, -0.05) is 43.7 Å². The van der Waals surface area contributed by atoms with Gasteiger partial charge in [0.25, 0.3) is 17.7 Å². The zero-order valence-corrected chi connectivity index (χ0v) is 19.8. The molecule has 3 N–H and O–H groups in total. The molecular formula is C27H29N3O4. The molecule has 7 heteroatoms. The molecule has 3 rings (SSSR count). The van der Waals surface area contributed by atoms with Crippen LogP contribution < -0.4 is 20.9 Å². The predicted molar refractivity (Wildman–Crippen MR) is 132 cm³/mol. The summed E-state index contributed by atoms with van der Waals surface area (Å²) in [6.07, 6.45) is 0. The van der Waals surface area contributed by atoms with Gasteiger partial charge in [0.2, 0.25) is 0 Å². The summed E-state index contributed by atoms with van der Waals surface area (Å²) in [5.41, 5.74) is 9.20. The molecule has 0 aromatic heterocycles. The number of benzene rings is 3. The number of hydrogen-bond donors (Lipinski definition) is 3. The summed E-state index contributed by atoms with van der Waals surface area (Å²) in [6.45, 7) is 7.75. The number of carbonyl (C=O) groups excluding carboxylic acids is 3. The Hall–Kier alpha value is -4.13. The highest BCUT2D eigenvalue weighted by atomic mass is 16.5. The lowest BCUT2D eigenvalue weighted by Crippen LogP contribution is -2.43. The first-order chi connectivity index (χ1) is 16.2. The fraction of sp³-hybridized carbons (Fsp3) is 0.222. The molecular weight excluding hydrogens is 430 g/mol. The summed E-state index contributed by atoms with van der Waals surface area (Å²) in [5, 5.41) is 2.79. The summed E-state index contributed by atoms with van der Waals surface area (Å²) in [5.74, 6) is -0.292. The van der Waals surface area contributed by atoms with Crippen LogP contribution >= 0.6 is 0 Å². The van der Waals surface area contributed by atoms with Gasteiger partial charge in [-0.15, -0.1) is 0 Å². The Morgan fingerprint density at radius 1 is 0.794 bits per heavy atom. The molecule has 3 aromatic rings. The van der Waals surface area contributed by atoms with Gasteiger partial charge in [0.05, 0.1) is 0 Å². The number of amides is 3. The molecule has 0 aliphatic carbocycles. The highest BCUT2D eigenvalue weighted by Gasteiger charge is 2.12. The lowest BCUT2D eigenvalue weighted by Gasteiger charge is -2.15. The van der Waals surface area contributed by atoms with Gasteiger partial charge in [-0.05, 0) is 73.4 Å². The summed E-state index contributed by atoms with van der Waals surface area (Å²) >= 11 is 0. The smallest absolute Gasteiger partial charge is 0.276 e. The number of carbonyl (C=O) groups is 3. The number of anilines is 1. The topological polar surface area (TPSA) is 96.5 Å². The SMILES string of the molecule is Cc1cccc(C(=O)Nc2ccc(C(=O)NNC(=O)COc3cc(C)ccc3C(C)C)cc2)c1. The molecule has 3 amide bonds. The molecule has 0 fully saturated rings. The minimum atomic E-state index is -0.483. The van der Waals surface area contributed by atoms with E-state index in [0.717, 1.165) is 16.7 Å². The van der Waals surface area contributed by atoms with Gasteiger partial charge in [0.15, 0.2) is 6.61 Å². The van der Waals surface area contributed by atoms with Gasteiger partial charge >= 0.3 is 0 Å². The van der Waals surface area contributed by atoms with E-state index in [2.05, 4.69) is 30.0 Å².